The van der Waals surface area contributed by atoms with Gasteiger partial charge in [-0.2, -0.15) is 0 Å². The van der Waals surface area contributed by atoms with Crippen LogP contribution in [0.5, 0.6) is 5.75 Å². The fourth-order valence-corrected chi connectivity index (χ4v) is 4.90. The van der Waals surface area contributed by atoms with Crippen LogP contribution in [0.1, 0.15) is 33.5 Å². The zero-order chi connectivity index (χ0) is 24.5. The van der Waals surface area contributed by atoms with Crippen molar-refractivity contribution in [3.05, 3.63) is 64.7 Å². The molecule has 0 bridgehead atoms. The van der Waals surface area contributed by atoms with Gasteiger partial charge in [0.05, 0.1) is 13.2 Å². The van der Waals surface area contributed by atoms with Crippen molar-refractivity contribution in [3.8, 4) is 5.75 Å². The van der Waals surface area contributed by atoms with Crippen molar-refractivity contribution in [2.45, 2.75) is 38.0 Å². The first-order chi connectivity index (χ1) is 16.9. The first kappa shape index (κ1) is 23.1. The van der Waals surface area contributed by atoms with Crippen LogP contribution in [-0.4, -0.2) is 67.1 Å². The average Bonchev–Trinajstić information content (AvgIpc) is 3.16. The number of hydrogen-bond donors (Lipinski definition) is 1. The Hall–Kier alpha value is -3.66. The van der Waals surface area contributed by atoms with Gasteiger partial charge in [-0.05, 0) is 29.1 Å². The lowest BCUT2D eigenvalue weighted by Gasteiger charge is -2.34. The van der Waals surface area contributed by atoms with Crippen LogP contribution < -0.4 is 10.1 Å². The highest BCUT2D eigenvalue weighted by Crippen LogP contribution is 2.35. The van der Waals surface area contributed by atoms with E-state index in [9.17, 15) is 19.2 Å². The Bertz CT molecular complexity index is 1180. The zero-order valence-corrected chi connectivity index (χ0v) is 19.5. The van der Waals surface area contributed by atoms with Gasteiger partial charge in [0.2, 0.25) is 17.7 Å². The molecular weight excluding hydrogens is 449 g/mol. The minimum atomic E-state index is -0.689. The van der Waals surface area contributed by atoms with Crippen molar-refractivity contribution in [1.29, 1.82) is 0 Å². The van der Waals surface area contributed by atoms with Crippen molar-refractivity contribution in [2.75, 3.05) is 19.8 Å². The van der Waals surface area contributed by atoms with Crippen LogP contribution in [0.3, 0.4) is 0 Å². The molecule has 9 nitrogen and oxygen atoms in total. The van der Waals surface area contributed by atoms with Gasteiger partial charge in [0.15, 0.2) is 0 Å². The number of nitrogens with zero attached hydrogens (tertiary/aromatic N) is 2. The molecule has 35 heavy (non-hydrogen) atoms. The van der Waals surface area contributed by atoms with Crippen molar-refractivity contribution in [3.63, 3.8) is 0 Å². The Kier molecular flexibility index (Phi) is 6.30. The summed E-state index contributed by atoms with van der Waals surface area (Å²) < 4.78 is 11.3. The smallest absolute Gasteiger partial charge is 0.255 e. The Morgan fingerprint density at radius 2 is 1.83 bits per heavy atom. The molecule has 2 fully saturated rings. The lowest BCUT2D eigenvalue weighted by atomic mass is 9.75. The number of carbonyl (C=O) groups is 4. The van der Waals surface area contributed by atoms with Gasteiger partial charge in [0.1, 0.15) is 32.9 Å². The molecule has 5 rings (SSSR count). The number of carbonyl (C=O) groups excluding carboxylic acids is 4. The Morgan fingerprint density at radius 1 is 1.06 bits per heavy atom. The van der Waals surface area contributed by atoms with E-state index in [1.807, 2.05) is 38.2 Å². The van der Waals surface area contributed by atoms with E-state index in [0.29, 0.717) is 37.6 Å². The van der Waals surface area contributed by atoms with Gasteiger partial charge in [-0.25, -0.2) is 0 Å². The minimum absolute atomic E-state index is 0.00288. The van der Waals surface area contributed by atoms with E-state index in [0.717, 1.165) is 16.7 Å². The monoisotopic (exact) mass is 475 g/mol. The first-order valence-corrected chi connectivity index (χ1v) is 11.7. The molecule has 10 heteroatoms. The lowest BCUT2D eigenvalue weighted by Crippen LogP contribution is -2.55. The molecule has 3 heterocycles. The molecule has 1 N–H and O–H groups in total. The number of rotatable bonds is 6. The summed E-state index contributed by atoms with van der Waals surface area (Å²) in [5.41, 5.74) is 3.26. The predicted octanol–water partition coefficient (Wildman–Crippen LogP) is 0.417. The SMILES string of the molecule is BC1CC(=O)NC(=O)C1N1Cc2c(OCc3ccc(CN4CCOCC4=O)cc3)cccc2C1=O. The van der Waals surface area contributed by atoms with Crippen LogP contribution in [0.25, 0.3) is 0 Å². The molecule has 3 aliphatic rings. The largest absolute Gasteiger partial charge is 0.489 e. The second-order valence-corrected chi connectivity index (χ2v) is 9.23. The number of morpholine rings is 1. The molecule has 0 saturated carbocycles. The summed E-state index contributed by atoms with van der Waals surface area (Å²) in [5, 5.41) is 2.35. The number of imide groups is 1. The molecule has 2 saturated heterocycles. The summed E-state index contributed by atoms with van der Waals surface area (Å²) in [6, 6.07) is 12.5. The third-order valence-electron chi connectivity index (χ3n) is 6.74. The highest BCUT2D eigenvalue weighted by molar-refractivity contribution is 6.20. The maximum Gasteiger partial charge on any atom is 0.255 e. The summed E-state index contributed by atoms with van der Waals surface area (Å²) in [6.07, 6.45) is 0.204. The van der Waals surface area contributed by atoms with Crippen LogP contribution in [0.15, 0.2) is 42.5 Å². The molecule has 0 aromatic heterocycles. The number of piperidine rings is 1. The van der Waals surface area contributed by atoms with Gasteiger partial charge in [-0.1, -0.05) is 30.3 Å². The van der Waals surface area contributed by atoms with Gasteiger partial charge in [-0.15, -0.1) is 0 Å². The third kappa shape index (κ3) is 4.66. The minimum Gasteiger partial charge on any atom is -0.489 e. The number of benzene rings is 2. The second kappa shape index (κ2) is 9.54. The summed E-state index contributed by atoms with van der Waals surface area (Å²) >= 11 is 0. The summed E-state index contributed by atoms with van der Waals surface area (Å²) in [6.45, 7) is 2.41. The normalized spacial score (nSPS) is 22.3. The quantitative estimate of drug-likeness (QED) is 0.480. The zero-order valence-electron chi connectivity index (χ0n) is 19.5. The van der Waals surface area contributed by atoms with Gasteiger partial charge >= 0.3 is 0 Å². The molecule has 2 aromatic rings. The van der Waals surface area contributed by atoms with Crippen LogP contribution in [0, 0.1) is 0 Å². The van der Waals surface area contributed by atoms with Crippen LogP contribution in [0.4, 0.5) is 0 Å². The Balaban J connectivity index is 1.25. The third-order valence-corrected chi connectivity index (χ3v) is 6.74. The summed E-state index contributed by atoms with van der Waals surface area (Å²) in [7, 11) is 1.81. The van der Waals surface area contributed by atoms with Gasteiger partial charge in [0, 0.05) is 30.6 Å². The summed E-state index contributed by atoms with van der Waals surface area (Å²) in [5.74, 6) is -0.636. The van der Waals surface area contributed by atoms with E-state index in [2.05, 4.69) is 5.32 Å². The standard InChI is InChI=1S/C25H26BN3O6/c26-19-10-21(30)27-24(32)23(19)29-12-18-17(25(29)33)2-1-3-20(18)35-13-16-6-4-15(5-7-16)11-28-8-9-34-14-22(28)31/h1-7,19,23H,8-14,26H2,(H,27,30,32). The molecule has 2 atom stereocenters. The maximum absolute atomic E-state index is 13.1. The number of hydrogen-bond acceptors (Lipinski definition) is 6. The topological polar surface area (TPSA) is 105 Å². The molecule has 0 aliphatic carbocycles. The Morgan fingerprint density at radius 3 is 2.57 bits per heavy atom. The second-order valence-electron chi connectivity index (χ2n) is 9.23. The van der Waals surface area contributed by atoms with E-state index in [1.54, 1.807) is 17.0 Å². The van der Waals surface area contributed by atoms with Gasteiger partial charge < -0.3 is 19.3 Å². The fraction of sp³-hybridized carbons (Fsp3) is 0.360. The van der Waals surface area contributed by atoms with Gasteiger partial charge in [-0.3, -0.25) is 24.5 Å². The van der Waals surface area contributed by atoms with Crippen molar-refractivity contribution >= 4 is 31.5 Å². The highest BCUT2D eigenvalue weighted by atomic mass is 16.5. The molecule has 0 spiro atoms. The molecule has 3 aliphatic heterocycles. The predicted molar refractivity (Wildman–Crippen MR) is 127 cm³/mol. The lowest BCUT2D eigenvalue weighted by molar-refractivity contribution is -0.143. The van der Waals surface area contributed by atoms with Crippen LogP contribution >= 0.6 is 0 Å². The molecule has 0 radical (unpaired) electrons. The molecule has 180 valence electrons. The Labute approximate surface area is 203 Å². The van der Waals surface area contributed by atoms with Crippen LogP contribution in [0.2, 0.25) is 5.82 Å². The number of fused-ring (bicyclic) bond motifs is 1. The van der Waals surface area contributed by atoms with Crippen molar-refractivity contribution < 1.29 is 28.7 Å². The molecule has 2 aromatic carbocycles. The fourth-order valence-electron chi connectivity index (χ4n) is 4.90. The van der Waals surface area contributed by atoms with E-state index in [1.165, 1.54) is 4.90 Å². The van der Waals surface area contributed by atoms with E-state index < -0.39 is 11.9 Å². The van der Waals surface area contributed by atoms with Crippen LogP contribution in [-0.2, 0) is 38.8 Å². The summed E-state index contributed by atoms with van der Waals surface area (Å²) in [4.78, 5) is 52.5. The number of amides is 4. The maximum atomic E-state index is 13.1. The van der Waals surface area contributed by atoms with E-state index >= 15 is 0 Å². The van der Waals surface area contributed by atoms with E-state index in [-0.39, 0.29) is 43.1 Å². The number of nitrogens with one attached hydrogen (secondary N) is 1. The van der Waals surface area contributed by atoms with E-state index in [4.69, 9.17) is 9.47 Å². The van der Waals surface area contributed by atoms with Crippen molar-refractivity contribution in [2.24, 2.45) is 0 Å². The molecular formula is C25H26BN3O6. The van der Waals surface area contributed by atoms with Gasteiger partial charge in [0.25, 0.3) is 5.91 Å². The van der Waals surface area contributed by atoms with Crippen molar-refractivity contribution in [1.82, 2.24) is 15.1 Å². The first-order valence-electron chi connectivity index (χ1n) is 11.7. The number of ether oxygens (including phenoxy) is 2. The highest BCUT2D eigenvalue weighted by Gasteiger charge is 2.43. The molecule has 2 unspecified atom stereocenters. The molecule has 4 amide bonds. The average molecular weight is 475 g/mol.